The number of alkyl halides is 5. The van der Waals surface area contributed by atoms with Gasteiger partial charge in [0.2, 0.25) is 0 Å². The van der Waals surface area contributed by atoms with E-state index in [1.54, 1.807) is 0 Å². The van der Waals surface area contributed by atoms with Crippen LogP contribution in [0.3, 0.4) is 0 Å². The van der Waals surface area contributed by atoms with E-state index < -0.39 is 18.4 Å². The molecular weight excluding hydrogens is 269 g/mol. The van der Waals surface area contributed by atoms with Crippen molar-refractivity contribution in [3.05, 3.63) is 0 Å². The fourth-order valence-corrected chi connectivity index (χ4v) is 1.86. The van der Waals surface area contributed by atoms with Crippen molar-refractivity contribution in [2.75, 3.05) is 6.54 Å². The Morgan fingerprint density at radius 1 is 1.11 bits per heavy atom. The van der Waals surface area contributed by atoms with Gasteiger partial charge in [-0.05, 0) is 13.3 Å². The van der Waals surface area contributed by atoms with E-state index in [4.69, 9.17) is 0 Å². The number of nitrogens with zero attached hydrogens (tertiary/aromatic N) is 3. The van der Waals surface area contributed by atoms with Gasteiger partial charge in [0.05, 0.1) is 0 Å². The van der Waals surface area contributed by atoms with Crippen LogP contribution in [-0.4, -0.2) is 41.2 Å². The van der Waals surface area contributed by atoms with Crippen LogP contribution in [0, 0.1) is 0 Å². The summed E-state index contributed by atoms with van der Waals surface area (Å²) in [4.78, 5) is -0.0488. The Bertz CT molecular complexity index is 316. The Morgan fingerprint density at radius 2 is 1.74 bits per heavy atom. The van der Waals surface area contributed by atoms with Gasteiger partial charge in [0, 0.05) is 6.54 Å². The van der Waals surface area contributed by atoms with Gasteiger partial charge in [-0.3, -0.25) is 9.91 Å². The van der Waals surface area contributed by atoms with E-state index in [9.17, 15) is 22.0 Å². The van der Waals surface area contributed by atoms with Crippen molar-refractivity contribution in [2.24, 2.45) is 5.10 Å². The Balaban J connectivity index is 2.56. The largest absolute Gasteiger partial charge is 0.475 e. The minimum atomic E-state index is -5.61. The minimum Gasteiger partial charge on any atom is -0.273 e. The molecule has 0 fully saturated rings. The zero-order valence-corrected chi connectivity index (χ0v) is 10.9. The number of hydrazone groups is 1. The van der Waals surface area contributed by atoms with Crippen molar-refractivity contribution in [1.29, 1.82) is 0 Å². The molecule has 0 N–H and O–H groups in total. The Hall–Kier alpha value is -1.08. The molecule has 0 aliphatic carbocycles. The first-order chi connectivity index (χ1) is 8.71. The first-order valence-corrected chi connectivity index (χ1v) is 6.25. The molecule has 0 radical (unpaired) electrons. The zero-order chi connectivity index (χ0) is 14.7. The highest BCUT2D eigenvalue weighted by atomic mass is 19.4. The molecule has 1 aliphatic heterocycles. The lowest BCUT2D eigenvalue weighted by molar-refractivity contribution is -0.332. The average molecular weight is 287 g/mol. The van der Waals surface area contributed by atoms with Crippen molar-refractivity contribution in [3.63, 3.8) is 0 Å². The third-order valence-electron chi connectivity index (χ3n) is 3.06. The third kappa shape index (κ3) is 3.48. The molecule has 0 aromatic heterocycles. The summed E-state index contributed by atoms with van der Waals surface area (Å²) in [5, 5.41) is 4.89. The van der Waals surface area contributed by atoms with Gasteiger partial charge in [0.25, 0.3) is 0 Å². The highest BCUT2D eigenvalue weighted by Gasteiger charge is 2.63. The predicted octanol–water partition coefficient (Wildman–Crippen LogP) is 3.63. The summed E-state index contributed by atoms with van der Waals surface area (Å²) < 4.78 is 63.2. The van der Waals surface area contributed by atoms with Gasteiger partial charge in [0.15, 0.2) is 0 Å². The SMILES string of the molecule is CCCCCCN1N=CN(C(F)(F)C(F)(F)F)C1C. The number of hydrogen-bond donors (Lipinski definition) is 0. The van der Waals surface area contributed by atoms with Crippen LogP contribution in [0.1, 0.15) is 39.5 Å². The quantitative estimate of drug-likeness (QED) is 0.422. The molecule has 0 spiro atoms. The summed E-state index contributed by atoms with van der Waals surface area (Å²) in [7, 11) is 0. The van der Waals surface area contributed by atoms with Crippen LogP contribution in [0.2, 0.25) is 0 Å². The van der Waals surface area contributed by atoms with Gasteiger partial charge in [0.1, 0.15) is 12.5 Å². The first-order valence-electron chi connectivity index (χ1n) is 6.25. The van der Waals surface area contributed by atoms with Gasteiger partial charge >= 0.3 is 12.2 Å². The maximum absolute atomic E-state index is 13.2. The summed E-state index contributed by atoms with van der Waals surface area (Å²) in [6, 6.07) is -4.89. The molecule has 3 nitrogen and oxygen atoms in total. The van der Waals surface area contributed by atoms with Crippen LogP contribution >= 0.6 is 0 Å². The second-order valence-corrected chi connectivity index (χ2v) is 4.53. The molecule has 0 saturated heterocycles. The van der Waals surface area contributed by atoms with Crippen molar-refractivity contribution < 1.29 is 22.0 Å². The normalized spacial score (nSPS) is 20.5. The Labute approximate surface area is 109 Å². The van der Waals surface area contributed by atoms with E-state index in [2.05, 4.69) is 5.10 Å². The highest BCUT2D eigenvalue weighted by Crippen LogP contribution is 2.40. The maximum atomic E-state index is 13.2. The zero-order valence-electron chi connectivity index (χ0n) is 10.9. The fourth-order valence-electron chi connectivity index (χ4n) is 1.86. The number of unbranched alkanes of at least 4 members (excludes halogenated alkanes) is 3. The Kier molecular flexibility index (Phi) is 4.98. The minimum absolute atomic E-state index is 0.0488. The molecule has 0 saturated carbocycles. The average Bonchev–Trinajstić information content (AvgIpc) is 2.65. The van der Waals surface area contributed by atoms with Crippen LogP contribution in [-0.2, 0) is 0 Å². The van der Waals surface area contributed by atoms with Gasteiger partial charge in [-0.1, -0.05) is 26.2 Å². The fraction of sp³-hybridized carbons (Fsp3) is 0.909. The molecule has 0 bridgehead atoms. The summed E-state index contributed by atoms with van der Waals surface area (Å²) >= 11 is 0. The van der Waals surface area contributed by atoms with Crippen LogP contribution in [0.4, 0.5) is 22.0 Å². The molecule has 19 heavy (non-hydrogen) atoms. The number of halogens is 5. The van der Waals surface area contributed by atoms with Crippen LogP contribution in [0.25, 0.3) is 0 Å². The second kappa shape index (κ2) is 5.92. The second-order valence-electron chi connectivity index (χ2n) is 4.53. The smallest absolute Gasteiger partial charge is 0.273 e. The maximum Gasteiger partial charge on any atom is 0.475 e. The first kappa shape index (κ1) is 16.0. The predicted molar refractivity (Wildman–Crippen MR) is 61.6 cm³/mol. The van der Waals surface area contributed by atoms with E-state index in [0.717, 1.165) is 25.7 Å². The standard InChI is InChI=1S/C11H18F5N3/c1-3-4-5-6-7-19-9(2)18(8-17-19)11(15,16)10(12,13)14/h8-9H,3-7H2,1-2H3. The summed E-state index contributed by atoms with van der Waals surface area (Å²) in [6.07, 6.45) is -2.47. The van der Waals surface area contributed by atoms with Gasteiger partial charge in [-0.15, -0.1) is 0 Å². The molecule has 112 valence electrons. The Morgan fingerprint density at radius 3 is 2.26 bits per heavy atom. The molecular formula is C11H18F5N3. The molecule has 1 aliphatic rings. The van der Waals surface area contributed by atoms with E-state index in [0.29, 0.717) is 12.9 Å². The van der Waals surface area contributed by atoms with Gasteiger partial charge < -0.3 is 0 Å². The molecule has 0 aromatic rings. The van der Waals surface area contributed by atoms with Crippen LogP contribution in [0.15, 0.2) is 5.10 Å². The van der Waals surface area contributed by atoms with Crippen LogP contribution in [0.5, 0.6) is 0 Å². The van der Waals surface area contributed by atoms with Gasteiger partial charge in [-0.2, -0.15) is 27.1 Å². The molecule has 1 heterocycles. The topological polar surface area (TPSA) is 18.8 Å². The van der Waals surface area contributed by atoms with E-state index in [1.165, 1.54) is 11.9 Å². The lowest BCUT2D eigenvalue weighted by Gasteiger charge is -2.33. The lowest BCUT2D eigenvalue weighted by Crippen LogP contribution is -2.55. The number of rotatable bonds is 6. The van der Waals surface area contributed by atoms with Crippen molar-refractivity contribution in [2.45, 2.75) is 57.9 Å². The van der Waals surface area contributed by atoms with Gasteiger partial charge in [-0.25, -0.2) is 0 Å². The number of hydrogen-bond acceptors (Lipinski definition) is 3. The molecule has 1 atom stereocenters. The molecule has 0 aromatic carbocycles. The molecule has 0 amide bonds. The summed E-state index contributed by atoms with van der Waals surface area (Å²) in [6.45, 7) is 3.69. The molecule has 1 rings (SSSR count). The summed E-state index contributed by atoms with van der Waals surface area (Å²) in [5.41, 5.74) is 0. The van der Waals surface area contributed by atoms with Crippen LogP contribution < -0.4 is 0 Å². The van der Waals surface area contributed by atoms with Crippen molar-refractivity contribution >= 4 is 6.34 Å². The monoisotopic (exact) mass is 287 g/mol. The van der Waals surface area contributed by atoms with Crippen molar-refractivity contribution in [3.8, 4) is 0 Å². The summed E-state index contributed by atoms with van der Waals surface area (Å²) in [5.74, 6) is 0. The third-order valence-corrected chi connectivity index (χ3v) is 3.06. The van der Waals surface area contributed by atoms with E-state index in [-0.39, 0.29) is 4.90 Å². The molecule has 1 unspecified atom stereocenters. The van der Waals surface area contributed by atoms with Crippen molar-refractivity contribution in [1.82, 2.24) is 9.91 Å². The van der Waals surface area contributed by atoms with E-state index in [1.807, 2.05) is 6.92 Å². The molecule has 8 heteroatoms. The highest BCUT2D eigenvalue weighted by molar-refractivity contribution is 5.58. The van der Waals surface area contributed by atoms with E-state index >= 15 is 0 Å². The lowest BCUT2D eigenvalue weighted by atomic mass is 10.2.